The predicted molar refractivity (Wildman–Crippen MR) is 64.0 cm³/mol. The van der Waals surface area contributed by atoms with Gasteiger partial charge < -0.3 is 15.8 Å². The average Bonchev–Trinajstić information content (AvgIpc) is 2.31. The minimum atomic E-state index is -0.368. The molecule has 0 aliphatic heterocycles. The van der Waals surface area contributed by atoms with Crippen LogP contribution in [0, 0.1) is 5.82 Å². The van der Waals surface area contributed by atoms with E-state index in [0.717, 1.165) is 5.69 Å². The number of nitrogens with two attached hydrogens (primary N) is 1. The van der Waals surface area contributed by atoms with Gasteiger partial charge in [0.15, 0.2) is 0 Å². The van der Waals surface area contributed by atoms with Gasteiger partial charge in [-0.25, -0.2) is 4.39 Å². The Labute approximate surface area is 95.8 Å². The summed E-state index contributed by atoms with van der Waals surface area (Å²) in [5.41, 5.74) is 6.21. The Morgan fingerprint density at radius 3 is 2.44 bits per heavy atom. The van der Waals surface area contributed by atoms with Crippen molar-refractivity contribution >= 4 is 5.69 Å². The minimum Gasteiger partial charge on any atom is -0.379 e. The summed E-state index contributed by atoms with van der Waals surface area (Å²) in [4.78, 5) is 0. The van der Waals surface area contributed by atoms with Gasteiger partial charge in [-0.15, -0.1) is 0 Å². The highest BCUT2D eigenvalue weighted by molar-refractivity contribution is 5.45. The number of anilines is 1. The Hall–Kier alpha value is -1.13. The van der Waals surface area contributed by atoms with Crippen LogP contribution in [0.25, 0.3) is 0 Å². The molecule has 1 rings (SSSR count). The molecule has 0 heterocycles. The molecule has 0 aromatic heterocycles. The molecule has 3 nitrogen and oxygen atoms in total. The number of halogens is 1. The van der Waals surface area contributed by atoms with Crippen molar-refractivity contribution in [2.75, 3.05) is 19.0 Å². The van der Waals surface area contributed by atoms with Crippen LogP contribution in [0.15, 0.2) is 24.3 Å². The van der Waals surface area contributed by atoms with Gasteiger partial charge in [-0.1, -0.05) is 0 Å². The summed E-state index contributed by atoms with van der Waals surface area (Å²) >= 11 is 0. The van der Waals surface area contributed by atoms with Gasteiger partial charge in [0.25, 0.3) is 0 Å². The van der Waals surface area contributed by atoms with E-state index in [2.05, 4.69) is 5.32 Å². The molecule has 4 heteroatoms. The molecule has 0 amide bonds. The molecule has 0 saturated heterocycles. The maximum atomic E-state index is 12.7. The fourth-order valence-corrected chi connectivity index (χ4v) is 1.44. The smallest absolute Gasteiger partial charge is 0.123 e. The molecule has 90 valence electrons. The Bertz CT molecular complexity index is 328. The summed E-state index contributed by atoms with van der Waals surface area (Å²) in [7, 11) is 1.64. The Morgan fingerprint density at radius 2 is 2.00 bits per heavy atom. The molecule has 2 atom stereocenters. The molecule has 16 heavy (non-hydrogen) atoms. The van der Waals surface area contributed by atoms with Crippen LogP contribution < -0.4 is 11.1 Å². The lowest BCUT2D eigenvalue weighted by Crippen LogP contribution is -2.51. The van der Waals surface area contributed by atoms with Crippen molar-refractivity contribution in [3.63, 3.8) is 0 Å². The van der Waals surface area contributed by atoms with Crippen molar-refractivity contribution < 1.29 is 9.13 Å². The number of methoxy groups -OCH3 is 1. The Kier molecular flexibility index (Phi) is 4.26. The predicted octanol–water partition coefficient (Wildman–Crippen LogP) is 1.99. The lowest BCUT2D eigenvalue weighted by atomic mass is 9.95. The molecule has 0 aliphatic rings. The van der Waals surface area contributed by atoms with Crippen molar-refractivity contribution in [3.8, 4) is 0 Å². The molecule has 0 radical (unpaired) electrons. The topological polar surface area (TPSA) is 47.3 Å². The number of nitrogens with one attached hydrogen (secondary N) is 1. The highest BCUT2D eigenvalue weighted by atomic mass is 19.1. The van der Waals surface area contributed by atoms with Crippen LogP contribution in [0.3, 0.4) is 0 Å². The van der Waals surface area contributed by atoms with Crippen LogP contribution in [-0.4, -0.2) is 25.3 Å². The van der Waals surface area contributed by atoms with Crippen LogP contribution in [0.5, 0.6) is 0 Å². The first kappa shape index (κ1) is 12.9. The fourth-order valence-electron chi connectivity index (χ4n) is 1.44. The van der Waals surface area contributed by atoms with E-state index in [9.17, 15) is 4.39 Å². The molecule has 0 bridgehead atoms. The highest BCUT2D eigenvalue weighted by Crippen LogP contribution is 2.19. The number of hydrogen-bond donors (Lipinski definition) is 2. The summed E-state index contributed by atoms with van der Waals surface area (Å²) in [5.74, 6) is -0.250. The zero-order valence-electron chi connectivity index (χ0n) is 9.96. The van der Waals surface area contributed by atoms with Gasteiger partial charge in [0.05, 0.1) is 11.6 Å². The van der Waals surface area contributed by atoms with E-state index in [1.54, 1.807) is 19.2 Å². The summed E-state index contributed by atoms with van der Waals surface area (Å²) in [6, 6.07) is 6.20. The number of hydrogen-bond acceptors (Lipinski definition) is 3. The summed E-state index contributed by atoms with van der Waals surface area (Å²) in [5, 5.41) is 3.27. The first-order valence-corrected chi connectivity index (χ1v) is 5.28. The highest BCUT2D eigenvalue weighted by Gasteiger charge is 2.29. The zero-order valence-corrected chi connectivity index (χ0v) is 9.96. The summed E-state index contributed by atoms with van der Waals surface area (Å²) in [6.07, 6.45) is -0.0393. The lowest BCUT2D eigenvalue weighted by molar-refractivity contribution is 0.0688. The normalized spacial score (nSPS) is 16.6. The van der Waals surface area contributed by atoms with Crippen LogP contribution >= 0.6 is 0 Å². The molecule has 0 fully saturated rings. The summed E-state index contributed by atoms with van der Waals surface area (Å²) < 4.78 is 18.0. The zero-order chi connectivity index (χ0) is 12.2. The molecule has 1 aromatic rings. The second kappa shape index (κ2) is 5.27. The first-order valence-electron chi connectivity index (χ1n) is 5.28. The molecular weight excluding hydrogens is 207 g/mol. The lowest BCUT2D eigenvalue weighted by Gasteiger charge is -2.35. The standard InChI is InChI=1S/C12H19FN2O/c1-9(16-3)12(2,8-14)15-11-6-4-10(13)5-7-11/h4-7,9,15H,8,14H2,1-3H3. The average molecular weight is 226 g/mol. The number of rotatable bonds is 5. The van der Waals surface area contributed by atoms with Crippen molar-refractivity contribution in [3.05, 3.63) is 30.1 Å². The molecular formula is C12H19FN2O. The minimum absolute atomic E-state index is 0.0393. The largest absolute Gasteiger partial charge is 0.379 e. The van der Waals surface area contributed by atoms with Gasteiger partial charge in [-0.3, -0.25) is 0 Å². The van der Waals surface area contributed by atoms with Gasteiger partial charge >= 0.3 is 0 Å². The number of benzene rings is 1. The maximum Gasteiger partial charge on any atom is 0.123 e. The Balaban J connectivity index is 2.80. The van der Waals surface area contributed by atoms with Gasteiger partial charge in [0, 0.05) is 19.3 Å². The maximum absolute atomic E-state index is 12.7. The monoisotopic (exact) mass is 226 g/mol. The van der Waals surface area contributed by atoms with Gasteiger partial charge in [0.1, 0.15) is 5.82 Å². The van der Waals surface area contributed by atoms with Gasteiger partial charge in [-0.05, 0) is 38.1 Å². The second-order valence-corrected chi connectivity index (χ2v) is 4.13. The van der Waals surface area contributed by atoms with E-state index < -0.39 is 0 Å². The van der Waals surface area contributed by atoms with E-state index in [1.807, 2.05) is 13.8 Å². The van der Waals surface area contributed by atoms with E-state index in [0.29, 0.717) is 6.54 Å². The molecule has 0 aliphatic carbocycles. The van der Waals surface area contributed by atoms with Crippen LogP contribution in [0.2, 0.25) is 0 Å². The van der Waals surface area contributed by atoms with Gasteiger partial charge in [-0.2, -0.15) is 0 Å². The van der Waals surface area contributed by atoms with E-state index in [1.165, 1.54) is 12.1 Å². The van der Waals surface area contributed by atoms with E-state index >= 15 is 0 Å². The Morgan fingerprint density at radius 1 is 1.44 bits per heavy atom. The fraction of sp³-hybridized carbons (Fsp3) is 0.500. The van der Waals surface area contributed by atoms with Crippen molar-refractivity contribution in [1.29, 1.82) is 0 Å². The molecule has 1 aromatic carbocycles. The van der Waals surface area contributed by atoms with Crippen LogP contribution in [0.4, 0.5) is 10.1 Å². The third kappa shape index (κ3) is 2.93. The van der Waals surface area contributed by atoms with Crippen molar-refractivity contribution in [1.82, 2.24) is 0 Å². The number of ether oxygens (including phenoxy) is 1. The van der Waals surface area contributed by atoms with E-state index in [-0.39, 0.29) is 17.5 Å². The molecule has 0 spiro atoms. The third-order valence-electron chi connectivity index (χ3n) is 2.95. The van der Waals surface area contributed by atoms with E-state index in [4.69, 9.17) is 10.5 Å². The van der Waals surface area contributed by atoms with Crippen molar-refractivity contribution in [2.45, 2.75) is 25.5 Å². The second-order valence-electron chi connectivity index (χ2n) is 4.13. The molecule has 3 N–H and O–H groups in total. The van der Waals surface area contributed by atoms with Crippen molar-refractivity contribution in [2.24, 2.45) is 5.73 Å². The first-order chi connectivity index (χ1) is 7.51. The van der Waals surface area contributed by atoms with Gasteiger partial charge in [0.2, 0.25) is 0 Å². The SMILES string of the molecule is COC(C)C(C)(CN)Nc1ccc(F)cc1. The molecule has 0 saturated carbocycles. The van der Waals surface area contributed by atoms with Crippen LogP contribution in [0.1, 0.15) is 13.8 Å². The quantitative estimate of drug-likeness (QED) is 0.807. The third-order valence-corrected chi connectivity index (χ3v) is 2.95. The van der Waals surface area contributed by atoms with Crippen LogP contribution in [-0.2, 0) is 4.74 Å². The summed E-state index contributed by atoms with van der Waals surface area (Å²) in [6.45, 7) is 4.35. The molecule has 2 unspecified atom stereocenters.